The Morgan fingerprint density at radius 1 is 0.968 bits per heavy atom. The van der Waals surface area contributed by atoms with Crippen molar-refractivity contribution in [2.75, 3.05) is 13.1 Å². The molecule has 11 heteroatoms. The van der Waals surface area contributed by atoms with Crippen molar-refractivity contribution in [2.24, 2.45) is 0 Å². The molecule has 31 heavy (non-hydrogen) atoms. The van der Waals surface area contributed by atoms with E-state index in [1.807, 2.05) is 0 Å². The van der Waals surface area contributed by atoms with Crippen molar-refractivity contribution in [3.8, 4) is 11.4 Å². The second kappa shape index (κ2) is 9.09. The monoisotopic (exact) mass is 452 g/mol. The predicted octanol–water partition coefficient (Wildman–Crippen LogP) is 3.41. The van der Waals surface area contributed by atoms with Gasteiger partial charge < -0.3 is 15.7 Å². The summed E-state index contributed by atoms with van der Waals surface area (Å²) in [6, 6.07) is 11.0. The summed E-state index contributed by atoms with van der Waals surface area (Å²) in [4.78, 5) is 24.3. The van der Waals surface area contributed by atoms with E-state index in [-0.39, 0.29) is 30.1 Å². The summed E-state index contributed by atoms with van der Waals surface area (Å²) in [6.07, 6.45) is -4.00. The van der Waals surface area contributed by atoms with Gasteiger partial charge in [-0.15, -0.1) is 0 Å². The number of phenolic OH excluding ortho intramolecular Hbond substituents is 1. The van der Waals surface area contributed by atoms with Crippen molar-refractivity contribution >= 4 is 23.4 Å². The highest BCUT2D eigenvalue weighted by Gasteiger charge is 2.40. The van der Waals surface area contributed by atoms with Gasteiger partial charge >= 0.3 is 6.18 Å². The van der Waals surface area contributed by atoms with Gasteiger partial charge in [-0.25, -0.2) is 4.68 Å². The van der Waals surface area contributed by atoms with Crippen molar-refractivity contribution in [3.05, 3.63) is 76.6 Å². The normalized spacial score (nSPS) is 11.2. The predicted molar refractivity (Wildman–Crippen MR) is 106 cm³/mol. The van der Waals surface area contributed by atoms with E-state index < -0.39 is 29.2 Å². The molecule has 0 saturated heterocycles. The third-order valence-electron chi connectivity index (χ3n) is 4.18. The first kappa shape index (κ1) is 22.2. The lowest BCUT2D eigenvalue weighted by atomic mass is 10.2. The van der Waals surface area contributed by atoms with Crippen molar-refractivity contribution < 1.29 is 27.9 Å². The van der Waals surface area contributed by atoms with Crippen LogP contribution >= 0.6 is 11.6 Å². The van der Waals surface area contributed by atoms with Gasteiger partial charge in [-0.1, -0.05) is 11.6 Å². The molecular weight excluding hydrogens is 437 g/mol. The maximum atomic E-state index is 13.6. The Labute approximate surface area is 179 Å². The fourth-order valence-corrected chi connectivity index (χ4v) is 2.85. The molecule has 162 valence electrons. The second-order valence-corrected chi connectivity index (χ2v) is 6.79. The number of phenols is 1. The van der Waals surface area contributed by atoms with E-state index in [9.17, 15) is 27.9 Å². The lowest BCUT2D eigenvalue weighted by molar-refractivity contribution is -0.143. The standard InChI is InChI=1S/C20H16ClF3N4O3/c21-13-3-5-14(6-4-13)28-17(20(22,23)24)16(11-27-28)19(31)26-10-9-25-18(30)12-1-7-15(29)8-2-12/h1-8,11,29H,9-10H2,(H,25,30)(H,26,31). The van der Waals surface area contributed by atoms with Gasteiger partial charge in [0.25, 0.3) is 11.8 Å². The van der Waals surface area contributed by atoms with E-state index >= 15 is 0 Å². The van der Waals surface area contributed by atoms with E-state index in [4.69, 9.17) is 11.6 Å². The fraction of sp³-hybridized carbons (Fsp3) is 0.150. The second-order valence-electron chi connectivity index (χ2n) is 6.35. The largest absolute Gasteiger partial charge is 0.508 e. The first-order valence-corrected chi connectivity index (χ1v) is 9.31. The van der Waals surface area contributed by atoms with Crippen LogP contribution in [-0.4, -0.2) is 39.8 Å². The summed E-state index contributed by atoms with van der Waals surface area (Å²) in [5.74, 6) is -1.43. The third-order valence-corrected chi connectivity index (χ3v) is 4.43. The topological polar surface area (TPSA) is 96.3 Å². The number of aromatic hydroxyl groups is 1. The molecule has 0 aliphatic rings. The van der Waals surface area contributed by atoms with Gasteiger partial charge in [0.05, 0.1) is 17.4 Å². The average molecular weight is 453 g/mol. The number of alkyl halides is 3. The van der Waals surface area contributed by atoms with Crippen LogP contribution in [0.15, 0.2) is 54.7 Å². The van der Waals surface area contributed by atoms with E-state index in [1.165, 1.54) is 48.5 Å². The Balaban J connectivity index is 1.66. The molecule has 3 aromatic rings. The Morgan fingerprint density at radius 3 is 2.13 bits per heavy atom. The van der Waals surface area contributed by atoms with Gasteiger partial charge in [0, 0.05) is 23.7 Å². The number of amides is 2. The van der Waals surface area contributed by atoms with E-state index in [2.05, 4.69) is 15.7 Å². The first-order valence-electron chi connectivity index (χ1n) is 8.93. The summed E-state index contributed by atoms with van der Waals surface area (Å²) in [5, 5.41) is 18.1. The van der Waals surface area contributed by atoms with Crippen LogP contribution in [0.2, 0.25) is 5.02 Å². The fourth-order valence-electron chi connectivity index (χ4n) is 2.73. The maximum Gasteiger partial charge on any atom is 0.434 e. The Bertz CT molecular complexity index is 1080. The van der Waals surface area contributed by atoms with Crippen molar-refractivity contribution in [2.45, 2.75) is 6.18 Å². The zero-order valence-corrected chi connectivity index (χ0v) is 16.5. The molecule has 0 spiro atoms. The van der Waals surface area contributed by atoms with Crippen LogP contribution < -0.4 is 10.6 Å². The van der Waals surface area contributed by atoms with Gasteiger partial charge in [-0.2, -0.15) is 18.3 Å². The summed E-state index contributed by atoms with van der Waals surface area (Å²) >= 11 is 5.77. The van der Waals surface area contributed by atoms with Gasteiger partial charge in [0.2, 0.25) is 0 Å². The number of benzene rings is 2. The number of hydrogen-bond donors (Lipinski definition) is 3. The van der Waals surface area contributed by atoms with Crippen molar-refractivity contribution in [1.82, 2.24) is 20.4 Å². The number of carbonyl (C=O) groups is 2. The highest BCUT2D eigenvalue weighted by molar-refractivity contribution is 6.30. The van der Waals surface area contributed by atoms with Crippen molar-refractivity contribution in [1.29, 1.82) is 0 Å². The first-order chi connectivity index (χ1) is 14.7. The summed E-state index contributed by atoms with van der Waals surface area (Å²) in [7, 11) is 0. The number of rotatable bonds is 6. The van der Waals surface area contributed by atoms with Crippen LogP contribution in [0.25, 0.3) is 5.69 Å². The van der Waals surface area contributed by atoms with Gasteiger partial charge in [-0.05, 0) is 48.5 Å². The molecule has 0 radical (unpaired) electrons. The minimum atomic E-state index is -4.84. The number of halogens is 4. The Hall–Kier alpha value is -3.53. The molecule has 0 fully saturated rings. The number of nitrogens with zero attached hydrogens (tertiary/aromatic N) is 2. The number of hydrogen-bond acceptors (Lipinski definition) is 4. The highest BCUT2D eigenvalue weighted by Crippen LogP contribution is 2.33. The molecule has 0 unspecified atom stereocenters. The van der Waals surface area contributed by atoms with Gasteiger partial charge in [0.1, 0.15) is 5.75 Å². The van der Waals surface area contributed by atoms with E-state index in [0.717, 1.165) is 6.20 Å². The molecule has 7 nitrogen and oxygen atoms in total. The van der Waals surface area contributed by atoms with Gasteiger partial charge in [0.15, 0.2) is 5.69 Å². The summed E-state index contributed by atoms with van der Waals surface area (Å²) in [5.41, 5.74) is -1.49. The molecule has 2 amide bonds. The van der Waals surface area contributed by atoms with Gasteiger partial charge in [-0.3, -0.25) is 9.59 Å². The van der Waals surface area contributed by atoms with Crippen LogP contribution in [0, 0.1) is 0 Å². The number of aromatic nitrogens is 2. The van der Waals surface area contributed by atoms with Crippen LogP contribution in [0.1, 0.15) is 26.4 Å². The molecule has 1 heterocycles. The van der Waals surface area contributed by atoms with Crippen LogP contribution in [-0.2, 0) is 6.18 Å². The van der Waals surface area contributed by atoms with Crippen LogP contribution in [0.4, 0.5) is 13.2 Å². The van der Waals surface area contributed by atoms with Crippen LogP contribution in [0.5, 0.6) is 5.75 Å². The molecule has 0 bridgehead atoms. The molecular formula is C20H16ClF3N4O3. The molecule has 0 atom stereocenters. The third kappa shape index (κ3) is 5.34. The Kier molecular flexibility index (Phi) is 6.50. The molecule has 0 aliphatic carbocycles. The van der Waals surface area contributed by atoms with Crippen molar-refractivity contribution in [3.63, 3.8) is 0 Å². The minimum absolute atomic E-state index is 0.00317. The van der Waals surface area contributed by atoms with Crippen LogP contribution in [0.3, 0.4) is 0 Å². The number of nitrogens with one attached hydrogen (secondary N) is 2. The number of carbonyl (C=O) groups excluding carboxylic acids is 2. The zero-order chi connectivity index (χ0) is 22.6. The lowest BCUT2D eigenvalue weighted by Crippen LogP contribution is -2.35. The summed E-state index contributed by atoms with van der Waals surface area (Å²) in [6.45, 7) is -0.121. The summed E-state index contributed by atoms with van der Waals surface area (Å²) < 4.78 is 41.5. The molecule has 0 saturated carbocycles. The quantitative estimate of drug-likeness (QED) is 0.499. The average Bonchev–Trinajstić information content (AvgIpc) is 3.18. The molecule has 3 rings (SSSR count). The maximum absolute atomic E-state index is 13.6. The van der Waals surface area contributed by atoms with E-state index in [1.54, 1.807) is 0 Å². The smallest absolute Gasteiger partial charge is 0.434 e. The zero-order valence-electron chi connectivity index (χ0n) is 15.8. The highest BCUT2D eigenvalue weighted by atomic mass is 35.5. The molecule has 1 aromatic heterocycles. The van der Waals surface area contributed by atoms with E-state index in [0.29, 0.717) is 9.70 Å². The Morgan fingerprint density at radius 2 is 1.55 bits per heavy atom. The minimum Gasteiger partial charge on any atom is -0.508 e. The molecule has 3 N–H and O–H groups in total. The lowest BCUT2D eigenvalue weighted by Gasteiger charge is -2.13. The SMILES string of the molecule is O=C(NCCNC(=O)c1cnn(-c2ccc(Cl)cc2)c1C(F)(F)F)c1ccc(O)cc1. The molecule has 2 aromatic carbocycles. The molecule has 0 aliphatic heterocycles.